The van der Waals surface area contributed by atoms with Crippen LogP contribution in [0.5, 0.6) is 23.0 Å². The summed E-state index contributed by atoms with van der Waals surface area (Å²) < 4.78 is 110. The first-order chi connectivity index (χ1) is 51.3. The van der Waals surface area contributed by atoms with Crippen molar-refractivity contribution in [3.63, 3.8) is 0 Å². The fourth-order valence-electron chi connectivity index (χ4n) is 8.24. The molecule has 0 aliphatic heterocycles. The highest BCUT2D eigenvalue weighted by atomic mass is 79.9. The smallest absolute Gasteiger partial charge is 0.338 e. The number of H-pyrrole nitrogens is 1. The van der Waals surface area contributed by atoms with Gasteiger partial charge in [0.05, 0.1) is 80.8 Å². The number of carbonyl (C=O) groups is 3. The summed E-state index contributed by atoms with van der Waals surface area (Å²) in [7, 11) is 0.0584. The van der Waals surface area contributed by atoms with Crippen molar-refractivity contribution in [1.29, 1.82) is 0 Å². The Kier molecular flexibility index (Phi) is 31.7. The molecule has 0 amide bonds. The van der Waals surface area contributed by atoms with Gasteiger partial charge in [-0.1, -0.05) is 82.7 Å². The number of thiophene rings is 2. The molecule has 0 bridgehead atoms. The van der Waals surface area contributed by atoms with Gasteiger partial charge in [0, 0.05) is 69.4 Å². The third kappa shape index (κ3) is 26.5. The lowest BCUT2D eigenvalue weighted by Gasteiger charge is -2.12. The van der Waals surface area contributed by atoms with Crippen molar-refractivity contribution < 1.29 is 93.4 Å². The number of alkyl halides is 1. The van der Waals surface area contributed by atoms with E-state index in [-0.39, 0.29) is 78.5 Å². The zero-order valence-electron chi connectivity index (χ0n) is 55.5. The number of ether oxygens (including phenoxy) is 4. The Bertz CT molecular complexity index is 5280. The summed E-state index contributed by atoms with van der Waals surface area (Å²) in [5.41, 5.74) is 13.2. The van der Waals surface area contributed by atoms with Crippen molar-refractivity contribution in [1.82, 2.24) is 19.9 Å². The van der Waals surface area contributed by atoms with Crippen LogP contribution in [0.4, 0.5) is 47.4 Å². The van der Waals surface area contributed by atoms with Crippen molar-refractivity contribution in [3.05, 3.63) is 298 Å². The molecule has 0 fully saturated rings. The molecule has 9 N–H and O–H groups in total. The number of nitro groups is 3. The van der Waals surface area contributed by atoms with Crippen molar-refractivity contribution in [2.24, 2.45) is 0 Å². The lowest BCUT2D eigenvalue weighted by Crippen LogP contribution is -2.11. The first-order valence-electron chi connectivity index (χ1n) is 29.9. The molecule has 0 spiro atoms. The molecule has 0 atom stereocenters. The fraction of sp³-hybridized carbons (Fsp3) is 0.0725. The largest absolute Gasteiger partial charge is 0.508 e. The van der Waals surface area contributed by atoms with E-state index in [4.69, 9.17) is 46.9 Å². The van der Waals surface area contributed by atoms with E-state index in [0.29, 0.717) is 56.3 Å². The fourth-order valence-corrected chi connectivity index (χ4v) is 12.5. The van der Waals surface area contributed by atoms with Gasteiger partial charge in [-0.05, 0) is 101 Å². The topological polar surface area (TPSA) is 465 Å². The molecule has 30 nitrogen and oxygen atoms in total. The van der Waals surface area contributed by atoms with Crippen LogP contribution >= 0.6 is 49.3 Å². The number of hydrogen-bond donors (Lipinski definition) is 7. The molecule has 0 aliphatic rings. The third-order valence-electron chi connectivity index (χ3n) is 13.3. The molecular formula is C69H57BrClF3N10O20S4. The number of hydrogen-bond acceptors (Lipinski definition) is 26. The summed E-state index contributed by atoms with van der Waals surface area (Å²) in [4.78, 5) is 77.9. The summed E-state index contributed by atoms with van der Waals surface area (Å²) in [5.74, 6) is -3.20. The molecular weight excluding hydrogens is 1590 g/mol. The average molecular weight is 1650 g/mol. The number of aromatic nitrogens is 4. The number of phenols is 2. The number of imidazole rings is 1. The van der Waals surface area contributed by atoms with Crippen molar-refractivity contribution in [2.75, 3.05) is 30.4 Å². The van der Waals surface area contributed by atoms with Gasteiger partial charge in [0.1, 0.15) is 73.7 Å². The summed E-state index contributed by atoms with van der Waals surface area (Å²) in [6.45, 7) is -0.136. The van der Waals surface area contributed by atoms with Gasteiger partial charge >= 0.3 is 17.9 Å². The van der Waals surface area contributed by atoms with Crippen LogP contribution in [0.25, 0.3) is 22.6 Å². The number of methoxy groups -OCH3 is 2. The Morgan fingerprint density at radius 1 is 0.583 bits per heavy atom. The van der Waals surface area contributed by atoms with Crippen LogP contribution in [0.3, 0.4) is 0 Å². The minimum Gasteiger partial charge on any atom is -0.508 e. The number of carboxylic acid groups (broad SMARTS) is 1. The number of benzene rings is 7. The number of halogens is 5. The number of anilines is 3. The molecule has 0 radical (unpaired) electrons. The predicted octanol–water partition coefficient (Wildman–Crippen LogP) is 15.0. The predicted molar refractivity (Wildman–Crippen MR) is 398 cm³/mol. The Hall–Kier alpha value is -12.6. The number of nitrogens with two attached hydrogens (primary N) is 2. The number of aromatic hydroxyl groups is 2. The van der Waals surface area contributed by atoms with Gasteiger partial charge in [-0.3, -0.25) is 35.1 Å². The minimum atomic E-state index is -3.77. The van der Waals surface area contributed by atoms with Crippen LogP contribution < -0.4 is 25.7 Å². The highest BCUT2D eigenvalue weighted by Crippen LogP contribution is 2.32. The first-order valence-corrected chi connectivity index (χ1v) is 36.6. The number of sulfonamides is 1. The lowest BCUT2D eigenvalue weighted by molar-refractivity contribution is -0.385. The second-order valence-corrected chi connectivity index (χ2v) is 28.0. The number of rotatable bonds is 18. The van der Waals surface area contributed by atoms with E-state index in [1.807, 2.05) is 12.1 Å². The Balaban J connectivity index is 0.000000211. The van der Waals surface area contributed by atoms with E-state index >= 15 is 0 Å². The van der Waals surface area contributed by atoms with E-state index in [1.54, 1.807) is 114 Å². The van der Waals surface area contributed by atoms with Gasteiger partial charge in [0.15, 0.2) is 5.65 Å². The number of nitro benzene ring substituents is 3. The summed E-state index contributed by atoms with van der Waals surface area (Å²) in [5, 5.41) is 61.9. The number of aromatic carboxylic acids is 1. The number of carbonyl (C=O) groups excluding carboxylic acids is 2. The van der Waals surface area contributed by atoms with Gasteiger partial charge < -0.3 is 50.7 Å². The van der Waals surface area contributed by atoms with E-state index in [1.165, 1.54) is 49.6 Å². The number of esters is 2. The first kappa shape index (κ1) is 84.3. The molecule has 0 saturated carbocycles. The molecule has 12 aromatic rings. The number of pyridine rings is 2. The normalized spacial score (nSPS) is 10.4. The maximum atomic E-state index is 14.0. The molecule has 5 aromatic heterocycles. The van der Waals surface area contributed by atoms with Gasteiger partial charge in [0.25, 0.3) is 36.1 Å². The quantitative estimate of drug-likeness (QED) is 0.0138. The zero-order valence-corrected chi connectivity index (χ0v) is 61.2. The lowest BCUT2D eigenvalue weighted by atomic mass is 10.1. The molecule has 7 aromatic carbocycles. The van der Waals surface area contributed by atoms with Crippen LogP contribution in [0, 0.1) is 47.8 Å². The van der Waals surface area contributed by atoms with Crippen LogP contribution in [-0.2, 0) is 47.1 Å². The maximum Gasteiger partial charge on any atom is 0.338 e. The monoisotopic (exact) mass is 1640 g/mol. The molecule has 562 valence electrons. The highest BCUT2D eigenvalue weighted by Gasteiger charge is 2.21. The van der Waals surface area contributed by atoms with E-state index in [9.17, 15) is 74.7 Å². The molecule has 5 heterocycles. The number of carboxylic acids is 1. The van der Waals surface area contributed by atoms with Crippen molar-refractivity contribution >= 4 is 132 Å². The Labute approximate surface area is 631 Å². The number of non-ortho nitro benzene ring substituents is 3. The summed E-state index contributed by atoms with van der Waals surface area (Å²) in [6.07, 6.45) is 3.24. The molecule has 108 heavy (non-hydrogen) atoms. The molecule has 12 rings (SSSR count). The molecule has 0 saturated heterocycles. The molecule has 0 unspecified atom stereocenters. The standard InChI is InChI=1S/C23H17FN4O3S2.C15H12FNO5.C8H7NO5.C7H6BrF.C7H5NO5.C5H7N3.C4H3ClO2S2/c24-19-6-2-1-5-15(19)14-31-18-12-16(22-26-20-7-3-9-25-23(20)27-22)11-17(13-18)28-33(29,30)21-8-4-10-32-21;1-21-15(18)11-6-12(17(19)20)8-13(7-11)22-9-10-4-2-3-5-14(10)16;1-14-8(11)5-2-6(9(12)13)4-7(10)3-5;8-5-6-3-1-2-4-7(6)9;9-6-2-4(7(10)11)1-5(3-6)8(12)13;6-4-2-1-3-8-5(4)7;5-9(6,7)4-2-1-3-8-4/h1-13,28H,14H2,(H,25,26,27);2-8H,9H2,1H3;2-4,10H,1H3;1-4H,5H2;1-3,9H,(H,10,11);1-3H,6H2,(H2,7,8);1-3H. The average Bonchev–Trinajstić information content (AvgIpc) is 1.65. The van der Waals surface area contributed by atoms with Crippen LogP contribution in [0.15, 0.2) is 226 Å². The van der Waals surface area contributed by atoms with Crippen LogP contribution in [0.2, 0.25) is 0 Å². The SMILES string of the molecule is COC(=O)c1cc(O)cc([N+](=O)[O-])c1.COC(=O)c1cc(OCc2ccccc2F)cc([N+](=O)[O-])c1.Fc1ccccc1CBr.Nc1cccnc1N.O=C(O)c1cc(O)cc([N+](=O)[O-])c1.O=S(=O)(Cl)c1cccs1.O=S(=O)(Nc1cc(OCc2ccccc2F)cc(-c2nc3ncccc3[nH]2)c1)c1cccs1. The second-order valence-electron chi connectivity index (χ2n) is 20.8. The van der Waals surface area contributed by atoms with Crippen LogP contribution in [0.1, 0.15) is 47.8 Å². The Morgan fingerprint density at radius 2 is 1.05 bits per heavy atom. The van der Waals surface area contributed by atoms with Gasteiger partial charge in [0.2, 0.25) is 0 Å². The Morgan fingerprint density at radius 3 is 1.47 bits per heavy atom. The maximum absolute atomic E-state index is 14.0. The molecule has 0 aliphatic carbocycles. The zero-order chi connectivity index (χ0) is 79.3. The van der Waals surface area contributed by atoms with Gasteiger partial charge in [-0.25, -0.2) is 59.3 Å². The van der Waals surface area contributed by atoms with E-state index in [0.717, 1.165) is 83.8 Å². The van der Waals surface area contributed by atoms with E-state index < -0.39 is 69.0 Å². The number of nitrogens with zero attached hydrogens (tertiary/aromatic N) is 6. The summed E-state index contributed by atoms with van der Waals surface area (Å²) in [6, 6.07) is 46.7. The van der Waals surface area contributed by atoms with Crippen molar-refractivity contribution in [3.8, 4) is 34.4 Å². The third-order valence-corrected chi connectivity index (χ3v) is 19.7. The number of nitrogen functional groups attached to an aromatic ring is 2. The number of fused-ring (bicyclic) bond motifs is 1. The second kappa shape index (κ2) is 40.6. The number of phenolic OH excluding ortho intramolecular Hbond substituents is 2. The van der Waals surface area contributed by atoms with E-state index in [2.05, 4.69) is 50.1 Å². The highest BCUT2D eigenvalue weighted by molar-refractivity contribution is 9.08. The number of aromatic amines is 1. The minimum absolute atomic E-state index is 0.0137. The van der Waals surface area contributed by atoms with Gasteiger partial charge in [-0.2, -0.15) is 0 Å². The van der Waals surface area contributed by atoms with Crippen molar-refractivity contribution in [2.45, 2.75) is 27.0 Å². The van der Waals surface area contributed by atoms with Gasteiger partial charge in [-0.15, -0.1) is 22.7 Å². The van der Waals surface area contributed by atoms with Crippen LogP contribution in [-0.4, -0.2) is 99.0 Å². The molecule has 39 heteroatoms. The number of nitrogens with one attached hydrogen (secondary N) is 2. The summed E-state index contributed by atoms with van der Waals surface area (Å²) >= 11 is 5.39.